The van der Waals surface area contributed by atoms with Crippen molar-refractivity contribution in [2.45, 2.75) is 20.0 Å². The fourth-order valence-corrected chi connectivity index (χ4v) is 2.51. The third-order valence-corrected chi connectivity index (χ3v) is 3.70. The molecule has 0 spiro atoms. The molecule has 0 N–H and O–H groups in total. The lowest BCUT2D eigenvalue weighted by molar-refractivity contribution is -0.142. The minimum Gasteiger partial charge on any atom is -0.459 e. The smallest absolute Gasteiger partial charge is 0.349 e. The van der Waals surface area contributed by atoms with Crippen LogP contribution in [0, 0.1) is 11.3 Å². The number of esters is 1. The molecular formula is C21H18N4O2. The van der Waals surface area contributed by atoms with Crippen molar-refractivity contribution in [3.05, 3.63) is 72.2 Å². The average Bonchev–Trinajstić information content (AvgIpc) is 3.11. The van der Waals surface area contributed by atoms with Crippen molar-refractivity contribution >= 4 is 12.0 Å². The van der Waals surface area contributed by atoms with Crippen LogP contribution in [0.4, 0.5) is 0 Å². The van der Waals surface area contributed by atoms with Crippen LogP contribution in [0.5, 0.6) is 0 Å². The number of ether oxygens (including phenoxy) is 1. The molecule has 0 aliphatic carbocycles. The van der Waals surface area contributed by atoms with Crippen LogP contribution in [0.3, 0.4) is 0 Å². The summed E-state index contributed by atoms with van der Waals surface area (Å²) >= 11 is 0. The first-order valence-electron chi connectivity index (χ1n) is 8.46. The van der Waals surface area contributed by atoms with Gasteiger partial charge in [-0.25, -0.2) is 9.48 Å². The van der Waals surface area contributed by atoms with Gasteiger partial charge in [0.05, 0.1) is 11.8 Å². The van der Waals surface area contributed by atoms with Gasteiger partial charge < -0.3 is 4.74 Å². The Morgan fingerprint density at radius 2 is 1.89 bits per heavy atom. The van der Waals surface area contributed by atoms with Gasteiger partial charge >= 0.3 is 5.97 Å². The molecule has 27 heavy (non-hydrogen) atoms. The number of pyridine rings is 1. The maximum atomic E-state index is 12.2. The van der Waals surface area contributed by atoms with Crippen LogP contribution >= 0.6 is 0 Å². The Morgan fingerprint density at radius 3 is 2.52 bits per heavy atom. The van der Waals surface area contributed by atoms with Gasteiger partial charge in [0, 0.05) is 29.7 Å². The summed E-state index contributed by atoms with van der Waals surface area (Å²) in [5, 5.41) is 14.0. The van der Waals surface area contributed by atoms with Crippen molar-refractivity contribution in [1.82, 2.24) is 14.8 Å². The van der Waals surface area contributed by atoms with Gasteiger partial charge in [-0.3, -0.25) is 4.98 Å². The Balaban J connectivity index is 2.10. The highest BCUT2D eigenvalue weighted by molar-refractivity contribution is 5.98. The van der Waals surface area contributed by atoms with E-state index >= 15 is 0 Å². The lowest BCUT2D eigenvalue weighted by atomic mass is 10.1. The summed E-state index contributed by atoms with van der Waals surface area (Å²) in [6.45, 7) is 3.48. The Labute approximate surface area is 157 Å². The fraction of sp³-hybridized carbons (Fsp3) is 0.143. The SMILES string of the molecule is CC(C)OC(=O)/C(C#N)=C/c1cn(-c2ccccc2)nc1-c1ccncc1. The predicted molar refractivity (Wildman–Crippen MR) is 102 cm³/mol. The number of nitriles is 1. The van der Waals surface area contributed by atoms with E-state index in [1.807, 2.05) is 48.5 Å². The summed E-state index contributed by atoms with van der Waals surface area (Å²) in [6.07, 6.45) is 6.32. The molecule has 0 amide bonds. The van der Waals surface area contributed by atoms with Gasteiger partial charge in [-0.15, -0.1) is 0 Å². The van der Waals surface area contributed by atoms with E-state index in [-0.39, 0.29) is 11.7 Å². The van der Waals surface area contributed by atoms with Gasteiger partial charge in [0.15, 0.2) is 0 Å². The van der Waals surface area contributed by atoms with Crippen LogP contribution in [-0.2, 0) is 9.53 Å². The topological polar surface area (TPSA) is 80.8 Å². The minimum atomic E-state index is -0.652. The third-order valence-electron chi connectivity index (χ3n) is 3.70. The predicted octanol–water partition coefficient (Wildman–Crippen LogP) is 3.79. The summed E-state index contributed by atoms with van der Waals surface area (Å²) in [6, 6.07) is 15.2. The average molecular weight is 358 g/mol. The molecule has 2 heterocycles. The summed E-state index contributed by atoms with van der Waals surface area (Å²) in [5.74, 6) is -0.652. The molecule has 6 heteroatoms. The normalized spacial score (nSPS) is 11.3. The minimum absolute atomic E-state index is 0.0772. The molecule has 3 aromatic rings. The lowest BCUT2D eigenvalue weighted by Gasteiger charge is -2.06. The van der Waals surface area contributed by atoms with E-state index in [0.717, 1.165) is 11.3 Å². The number of aromatic nitrogens is 3. The summed E-state index contributed by atoms with van der Waals surface area (Å²) < 4.78 is 6.86. The second-order valence-corrected chi connectivity index (χ2v) is 6.07. The molecule has 6 nitrogen and oxygen atoms in total. The van der Waals surface area contributed by atoms with Crippen LogP contribution < -0.4 is 0 Å². The van der Waals surface area contributed by atoms with Crippen molar-refractivity contribution < 1.29 is 9.53 Å². The van der Waals surface area contributed by atoms with Crippen molar-refractivity contribution in [3.63, 3.8) is 0 Å². The van der Waals surface area contributed by atoms with Crippen molar-refractivity contribution in [3.8, 4) is 23.0 Å². The molecule has 3 rings (SSSR count). The molecule has 0 bridgehead atoms. The van der Waals surface area contributed by atoms with Crippen molar-refractivity contribution in [1.29, 1.82) is 5.26 Å². The van der Waals surface area contributed by atoms with E-state index in [1.54, 1.807) is 37.1 Å². The number of nitrogens with zero attached hydrogens (tertiary/aromatic N) is 4. The number of para-hydroxylation sites is 1. The molecule has 0 saturated carbocycles. The van der Waals surface area contributed by atoms with E-state index in [2.05, 4.69) is 10.1 Å². The molecule has 0 atom stereocenters. The van der Waals surface area contributed by atoms with Crippen molar-refractivity contribution in [2.75, 3.05) is 0 Å². The van der Waals surface area contributed by atoms with Crippen LogP contribution in [0.15, 0.2) is 66.6 Å². The third kappa shape index (κ3) is 4.28. The van der Waals surface area contributed by atoms with E-state index in [4.69, 9.17) is 4.74 Å². The van der Waals surface area contributed by atoms with Gasteiger partial charge in [0.25, 0.3) is 0 Å². The van der Waals surface area contributed by atoms with Gasteiger partial charge in [-0.1, -0.05) is 18.2 Å². The van der Waals surface area contributed by atoms with Gasteiger partial charge in [0.2, 0.25) is 0 Å². The first-order valence-corrected chi connectivity index (χ1v) is 8.46. The standard InChI is InChI=1S/C21H18N4O2/c1-15(2)27-21(26)17(13-22)12-18-14-25(19-6-4-3-5-7-19)24-20(18)16-8-10-23-11-9-16/h3-12,14-15H,1-2H3/b17-12+. The Kier molecular flexibility index (Phi) is 5.43. The molecular weight excluding hydrogens is 340 g/mol. The maximum absolute atomic E-state index is 12.2. The van der Waals surface area contributed by atoms with Crippen LogP contribution in [0.25, 0.3) is 23.0 Å². The molecule has 0 aliphatic heterocycles. The second kappa shape index (κ2) is 8.11. The zero-order valence-corrected chi connectivity index (χ0v) is 15.0. The zero-order valence-electron chi connectivity index (χ0n) is 15.0. The highest BCUT2D eigenvalue weighted by atomic mass is 16.5. The molecule has 2 aromatic heterocycles. The summed E-state index contributed by atoms with van der Waals surface area (Å²) in [5.41, 5.74) is 2.91. The second-order valence-electron chi connectivity index (χ2n) is 6.07. The first kappa shape index (κ1) is 18.1. The largest absolute Gasteiger partial charge is 0.459 e. The number of carbonyl (C=O) groups is 1. The number of hydrogen-bond donors (Lipinski definition) is 0. The molecule has 134 valence electrons. The number of carbonyl (C=O) groups excluding carboxylic acids is 1. The van der Waals surface area contributed by atoms with Crippen LogP contribution in [0.2, 0.25) is 0 Å². The maximum Gasteiger partial charge on any atom is 0.349 e. The van der Waals surface area contributed by atoms with Gasteiger partial charge in [0.1, 0.15) is 17.3 Å². The molecule has 0 aliphatic rings. The van der Waals surface area contributed by atoms with Crippen molar-refractivity contribution in [2.24, 2.45) is 0 Å². The number of hydrogen-bond acceptors (Lipinski definition) is 5. The van der Waals surface area contributed by atoms with E-state index in [1.165, 1.54) is 6.08 Å². The molecule has 0 saturated heterocycles. The number of rotatable bonds is 5. The fourth-order valence-electron chi connectivity index (χ4n) is 2.51. The molecule has 0 radical (unpaired) electrons. The van der Waals surface area contributed by atoms with E-state index in [0.29, 0.717) is 11.3 Å². The van der Waals surface area contributed by atoms with Gasteiger partial charge in [-0.05, 0) is 44.2 Å². The molecule has 1 aromatic carbocycles. The monoisotopic (exact) mass is 358 g/mol. The highest BCUT2D eigenvalue weighted by Gasteiger charge is 2.16. The lowest BCUT2D eigenvalue weighted by Crippen LogP contribution is -2.12. The van der Waals surface area contributed by atoms with Crippen LogP contribution in [-0.4, -0.2) is 26.8 Å². The summed E-state index contributed by atoms with van der Waals surface area (Å²) in [7, 11) is 0. The van der Waals surface area contributed by atoms with Gasteiger partial charge in [-0.2, -0.15) is 10.4 Å². The Bertz CT molecular complexity index is 1000. The first-order chi connectivity index (χ1) is 13.1. The highest BCUT2D eigenvalue weighted by Crippen LogP contribution is 2.25. The zero-order chi connectivity index (χ0) is 19.2. The molecule has 0 fully saturated rings. The molecule has 0 unspecified atom stereocenters. The number of benzene rings is 1. The van der Waals surface area contributed by atoms with E-state index in [9.17, 15) is 10.1 Å². The Morgan fingerprint density at radius 1 is 1.19 bits per heavy atom. The summed E-state index contributed by atoms with van der Waals surface area (Å²) in [4.78, 5) is 16.2. The van der Waals surface area contributed by atoms with Crippen LogP contribution in [0.1, 0.15) is 19.4 Å². The quantitative estimate of drug-likeness (QED) is 0.394. The van der Waals surface area contributed by atoms with E-state index < -0.39 is 5.97 Å². The Hall–Kier alpha value is -3.72.